The molecule has 2 aromatic rings. The Labute approximate surface area is 110 Å². The monoisotopic (exact) mass is 268 g/mol. The largest absolute Gasteiger partial charge is 0.344 e. The highest BCUT2D eigenvalue weighted by Crippen LogP contribution is 2.20. The number of rotatable bonds is 5. The van der Waals surface area contributed by atoms with Crippen molar-refractivity contribution in [2.24, 2.45) is 0 Å². The van der Waals surface area contributed by atoms with Crippen molar-refractivity contribution in [3.63, 3.8) is 0 Å². The zero-order chi connectivity index (χ0) is 12.3. The van der Waals surface area contributed by atoms with Crippen LogP contribution in [0.25, 0.3) is 0 Å². The van der Waals surface area contributed by atoms with Gasteiger partial charge >= 0.3 is 0 Å². The molecule has 0 aromatic carbocycles. The van der Waals surface area contributed by atoms with Crippen molar-refractivity contribution >= 4 is 28.0 Å². The third-order valence-corrected chi connectivity index (χ3v) is 4.12. The Hall–Kier alpha value is -1.01. The van der Waals surface area contributed by atoms with Gasteiger partial charge in [0.2, 0.25) is 5.13 Å². The summed E-state index contributed by atoms with van der Waals surface area (Å²) in [5.41, 5.74) is 0. The summed E-state index contributed by atoms with van der Waals surface area (Å²) in [5, 5.41) is 4.20. The number of anilines is 1. The van der Waals surface area contributed by atoms with Crippen molar-refractivity contribution in [3.8, 4) is 0 Å². The second-order valence-corrected chi connectivity index (χ2v) is 5.80. The summed E-state index contributed by atoms with van der Waals surface area (Å²) in [7, 11) is 0. The minimum atomic E-state index is 0.433. The summed E-state index contributed by atoms with van der Waals surface area (Å²) in [6.07, 6.45) is 2.82. The molecule has 0 spiro atoms. The lowest BCUT2D eigenvalue weighted by Gasteiger charge is -2.25. The van der Waals surface area contributed by atoms with E-state index in [1.807, 2.05) is 18.5 Å². The van der Waals surface area contributed by atoms with Crippen molar-refractivity contribution in [2.75, 3.05) is 11.4 Å². The van der Waals surface area contributed by atoms with Crippen LogP contribution < -0.4 is 4.90 Å². The lowest BCUT2D eigenvalue weighted by atomic mass is 10.3. The molecule has 17 heavy (non-hydrogen) atoms. The highest BCUT2D eigenvalue weighted by atomic mass is 32.1. The lowest BCUT2D eigenvalue weighted by molar-refractivity contribution is 0.675. The molecule has 6 heteroatoms. The summed E-state index contributed by atoms with van der Waals surface area (Å²) in [4.78, 5) is 11.0. The molecule has 0 fully saturated rings. The van der Waals surface area contributed by atoms with E-state index < -0.39 is 0 Å². The SMILES string of the molecule is Cc1nsc(N(CCc2nccs2)C(C)C)n1. The molecular weight excluding hydrogens is 252 g/mol. The van der Waals surface area contributed by atoms with E-state index in [1.165, 1.54) is 16.5 Å². The third-order valence-electron chi connectivity index (χ3n) is 2.44. The van der Waals surface area contributed by atoms with Crippen LogP contribution in [-0.2, 0) is 6.42 Å². The zero-order valence-electron chi connectivity index (χ0n) is 10.3. The van der Waals surface area contributed by atoms with Gasteiger partial charge < -0.3 is 4.90 Å². The van der Waals surface area contributed by atoms with Gasteiger partial charge in [-0.1, -0.05) is 0 Å². The van der Waals surface area contributed by atoms with Crippen LogP contribution in [0.2, 0.25) is 0 Å². The van der Waals surface area contributed by atoms with Gasteiger partial charge in [-0.2, -0.15) is 4.37 Å². The minimum Gasteiger partial charge on any atom is -0.344 e. The number of aryl methyl sites for hydroxylation is 1. The van der Waals surface area contributed by atoms with Crippen LogP contribution in [0.3, 0.4) is 0 Å². The zero-order valence-corrected chi connectivity index (χ0v) is 11.9. The average Bonchev–Trinajstić information content (AvgIpc) is 2.90. The van der Waals surface area contributed by atoms with Crippen LogP contribution >= 0.6 is 22.9 Å². The molecule has 2 rings (SSSR count). The second-order valence-electron chi connectivity index (χ2n) is 4.09. The first-order valence-electron chi connectivity index (χ1n) is 5.62. The Morgan fingerprint density at radius 3 is 2.76 bits per heavy atom. The minimum absolute atomic E-state index is 0.433. The van der Waals surface area contributed by atoms with Crippen molar-refractivity contribution in [1.29, 1.82) is 0 Å². The van der Waals surface area contributed by atoms with Crippen molar-refractivity contribution < 1.29 is 0 Å². The smallest absolute Gasteiger partial charge is 0.205 e. The first-order valence-corrected chi connectivity index (χ1v) is 7.27. The molecule has 2 heterocycles. The third kappa shape index (κ3) is 3.23. The van der Waals surface area contributed by atoms with E-state index in [0.29, 0.717) is 6.04 Å². The molecular formula is C11H16N4S2. The Kier molecular flexibility index (Phi) is 4.06. The Balaban J connectivity index is 2.03. The summed E-state index contributed by atoms with van der Waals surface area (Å²) in [6.45, 7) is 7.23. The van der Waals surface area contributed by atoms with E-state index in [9.17, 15) is 0 Å². The lowest BCUT2D eigenvalue weighted by Crippen LogP contribution is -2.32. The van der Waals surface area contributed by atoms with Gasteiger partial charge in [0, 0.05) is 42.1 Å². The highest BCUT2D eigenvalue weighted by Gasteiger charge is 2.15. The van der Waals surface area contributed by atoms with Crippen LogP contribution in [0.5, 0.6) is 0 Å². The molecule has 0 atom stereocenters. The molecule has 0 aliphatic rings. The van der Waals surface area contributed by atoms with Gasteiger partial charge in [-0.05, 0) is 20.8 Å². The van der Waals surface area contributed by atoms with E-state index in [0.717, 1.165) is 23.9 Å². The number of hydrogen-bond donors (Lipinski definition) is 0. The molecule has 0 saturated carbocycles. The molecule has 2 aromatic heterocycles. The van der Waals surface area contributed by atoms with E-state index >= 15 is 0 Å². The summed E-state index contributed by atoms with van der Waals surface area (Å²) < 4.78 is 4.24. The first-order chi connectivity index (χ1) is 8.16. The van der Waals surface area contributed by atoms with Crippen LogP contribution in [0.1, 0.15) is 24.7 Å². The molecule has 0 bridgehead atoms. The van der Waals surface area contributed by atoms with E-state index in [4.69, 9.17) is 0 Å². The van der Waals surface area contributed by atoms with Gasteiger partial charge in [0.05, 0.1) is 5.01 Å². The van der Waals surface area contributed by atoms with Gasteiger partial charge in [0.25, 0.3) is 0 Å². The van der Waals surface area contributed by atoms with Crippen LogP contribution in [0.15, 0.2) is 11.6 Å². The van der Waals surface area contributed by atoms with E-state index in [-0.39, 0.29) is 0 Å². The van der Waals surface area contributed by atoms with Gasteiger partial charge in [0.1, 0.15) is 5.82 Å². The number of nitrogens with zero attached hydrogens (tertiary/aromatic N) is 4. The molecule has 0 unspecified atom stereocenters. The first kappa shape index (κ1) is 12.4. The summed E-state index contributed by atoms with van der Waals surface area (Å²) in [5.74, 6) is 0.852. The molecule has 0 radical (unpaired) electrons. The normalized spacial score (nSPS) is 11.1. The number of thiazole rings is 1. The molecule has 0 saturated heterocycles. The molecule has 4 nitrogen and oxygen atoms in total. The van der Waals surface area contributed by atoms with Crippen molar-refractivity contribution in [2.45, 2.75) is 33.2 Å². The fourth-order valence-corrected chi connectivity index (χ4v) is 3.01. The molecule has 0 N–H and O–H groups in total. The van der Waals surface area contributed by atoms with E-state index in [1.54, 1.807) is 11.3 Å². The van der Waals surface area contributed by atoms with Gasteiger partial charge in [-0.15, -0.1) is 11.3 Å². The highest BCUT2D eigenvalue weighted by molar-refractivity contribution is 7.10. The topological polar surface area (TPSA) is 41.9 Å². The fraction of sp³-hybridized carbons (Fsp3) is 0.545. The number of hydrogen-bond acceptors (Lipinski definition) is 6. The molecule has 0 amide bonds. The van der Waals surface area contributed by atoms with Crippen LogP contribution in [-0.4, -0.2) is 26.9 Å². The van der Waals surface area contributed by atoms with Gasteiger partial charge in [-0.25, -0.2) is 9.97 Å². The number of aromatic nitrogens is 3. The maximum absolute atomic E-state index is 4.45. The van der Waals surface area contributed by atoms with Crippen LogP contribution in [0.4, 0.5) is 5.13 Å². The molecule has 92 valence electrons. The average molecular weight is 268 g/mol. The fourth-order valence-electron chi connectivity index (χ4n) is 1.57. The van der Waals surface area contributed by atoms with Crippen molar-refractivity contribution in [1.82, 2.24) is 14.3 Å². The quantitative estimate of drug-likeness (QED) is 0.836. The predicted molar refractivity (Wildman–Crippen MR) is 72.9 cm³/mol. The summed E-state index contributed by atoms with van der Waals surface area (Å²) >= 11 is 3.18. The van der Waals surface area contributed by atoms with Crippen molar-refractivity contribution in [3.05, 3.63) is 22.4 Å². The molecule has 0 aliphatic carbocycles. The predicted octanol–water partition coefficient (Wildman–Crippen LogP) is 2.76. The van der Waals surface area contributed by atoms with Gasteiger partial charge in [0.15, 0.2) is 0 Å². The standard InChI is InChI=1S/C11H16N4S2/c1-8(2)15(11-13-9(3)14-17-11)6-4-10-12-5-7-16-10/h5,7-8H,4,6H2,1-3H3. The maximum atomic E-state index is 4.45. The summed E-state index contributed by atoms with van der Waals surface area (Å²) in [6, 6.07) is 0.433. The van der Waals surface area contributed by atoms with E-state index in [2.05, 4.69) is 33.1 Å². The Morgan fingerprint density at radius 2 is 2.24 bits per heavy atom. The van der Waals surface area contributed by atoms with Crippen LogP contribution in [0, 0.1) is 6.92 Å². The Morgan fingerprint density at radius 1 is 1.41 bits per heavy atom. The van der Waals surface area contributed by atoms with Gasteiger partial charge in [-0.3, -0.25) is 0 Å². The second kappa shape index (κ2) is 5.55. The Bertz CT molecular complexity index is 450. The maximum Gasteiger partial charge on any atom is 0.205 e. The molecule has 0 aliphatic heterocycles.